The van der Waals surface area contributed by atoms with E-state index in [1.165, 1.54) is 5.57 Å². The zero-order valence-electron chi connectivity index (χ0n) is 11.0. The Morgan fingerprint density at radius 3 is 2.89 bits per heavy atom. The highest BCUT2D eigenvalue weighted by Gasteiger charge is 2.12. The molecule has 18 heavy (non-hydrogen) atoms. The molecule has 0 amide bonds. The van der Waals surface area contributed by atoms with Crippen LogP contribution in [0.15, 0.2) is 24.0 Å². The lowest BCUT2D eigenvalue weighted by Gasteiger charge is -2.27. The molecule has 98 valence electrons. The summed E-state index contributed by atoms with van der Waals surface area (Å²) in [6.45, 7) is 8.29. The Bertz CT molecular complexity index is 409. The van der Waals surface area contributed by atoms with Gasteiger partial charge in [0.25, 0.3) is 0 Å². The fraction of sp³-hybridized carbons (Fsp3) is 0.538. The summed E-state index contributed by atoms with van der Waals surface area (Å²) in [5.74, 6) is 1.83. The highest BCUT2D eigenvalue weighted by Crippen LogP contribution is 2.15. The van der Waals surface area contributed by atoms with Crippen LogP contribution in [0.3, 0.4) is 0 Å². The van der Waals surface area contributed by atoms with Gasteiger partial charge in [-0.05, 0) is 13.8 Å². The molecule has 0 bridgehead atoms. The lowest BCUT2D eigenvalue weighted by Crippen LogP contribution is -2.36. The highest BCUT2D eigenvalue weighted by molar-refractivity contribution is 5.48. The van der Waals surface area contributed by atoms with Crippen LogP contribution in [0.25, 0.3) is 0 Å². The van der Waals surface area contributed by atoms with Crippen molar-refractivity contribution in [3.63, 3.8) is 0 Å². The van der Waals surface area contributed by atoms with Crippen LogP contribution in [0.1, 0.15) is 13.8 Å². The number of anilines is 2. The number of rotatable bonds is 4. The molecule has 5 heteroatoms. The molecule has 1 aromatic heterocycles. The van der Waals surface area contributed by atoms with E-state index >= 15 is 0 Å². The number of nitrogens with one attached hydrogen (secondary N) is 1. The first-order chi connectivity index (χ1) is 8.75. The second-order valence-corrected chi connectivity index (χ2v) is 4.52. The first kappa shape index (κ1) is 12.8. The van der Waals surface area contributed by atoms with Crippen molar-refractivity contribution in [3.05, 3.63) is 24.0 Å². The summed E-state index contributed by atoms with van der Waals surface area (Å²) >= 11 is 0. The lowest BCUT2D eigenvalue weighted by atomic mass is 10.3. The topological polar surface area (TPSA) is 50.3 Å². The minimum absolute atomic E-state index is 0.768. The largest absolute Gasteiger partial charge is 0.378 e. The Morgan fingerprint density at radius 1 is 1.39 bits per heavy atom. The van der Waals surface area contributed by atoms with E-state index in [4.69, 9.17) is 4.74 Å². The maximum Gasteiger partial charge on any atom is 0.134 e. The Balaban J connectivity index is 1.98. The summed E-state index contributed by atoms with van der Waals surface area (Å²) in [5.41, 5.74) is 1.30. The first-order valence-corrected chi connectivity index (χ1v) is 6.27. The Labute approximate surface area is 108 Å². The molecule has 1 aliphatic heterocycles. The summed E-state index contributed by atoms with van der Waals surface area (Å²) < 4.78 is 5.33. The Kier molecular flexibility index (Phi) is 4.52. The van der Waals surface area contributed by atoms with Crippen LogP contribution in [-0.4, -0.2) is 42.8 Å². The van der Waals surface area contributed by atoms with Crippen molar-refractivity contribution in [2.75, 3.05) is 43.1 Å². The fourth-order valence-electron chi connectivity index (χ4n) is 1.77. The van der Waals surface area contributed by atoms with Crippen molar-refractivity contribution < 1.29 is 4.74 Å². The van der Waals surface area contributed by atoms with Gasteiger partial charge in [0.2, 0.25) is 0 Å². The second kappa shape index (κ2) is 6.35. The van der Waals surface area contributed by atoms with Crippen molar-refractivity contribution >= 4 is 11.6 Å². The van der Waals surface area contributed by atoms with Crippen molar-refractivity contribution in [2.45, 2.75) is 13.8 Å². The Hall–Kier alpha value is -1.62. The van der Waals surface area contributed by atoms with Crippen LogP contribution in [0.5, 0.6) is 0 Å². The van der Waals surface area contributed by atoms with E-state index in [0.717, 1.165) is 44.5 Å². The average Bonchev–Trinajstić information content (AvgIpc) is 2.40. The van der Waals surface area contributed by atoms with Crippen LogP contribution in [0.2, 0.25) is 0 Å². The van der Waals surface area contributed by atoms with E-state index < -0.39 is 0 Å². The quantitative estimate of drug-likeness (QED) is 0.822. The van der Waals surface area contributed by atoms with Gasteiger partial charge in [-0.1, -0.05) is 11.6 Å². The summed E-state index contributed by atoms with van der Waals surface area (Å²) in [6.07, 6.45) is 3.74. The van der Waals surface area contributed by atoms with Gasteiger partial charge in [0.15, 0.2) is 0 Å². The summed E-state index contributed by atoms with van der Waals surface area (Å²) in [7, 11) is 0. The third-order valence-corrected chi connectivity index (χ3v) is 2.78. The van der Waals surface area contributed by atoms with Crippen LogP contribution >= 0.6 is 0 Å². The molecule has 0 spiro atoms. The SMILES string of the molecule is CC(C)=CCNc1cc(N2CCOCC2)ncn1. The predicted octanol–water partition coefficient (Wildman–Crippen LogP) is 1.69. The average molecular weight is 248 g/mol. The smallest absolute Gasteiger partial charge is 0.134 e. The first-order valence-electron chi connectivity index (χ1n) is 6.27. The third-order valence-electron chi connectivity index (χ3n) is 2.78. The molecule has 1 fully saturated rings. The molecule has 1 saturated heterocycles. The van der Waals surface area contributed by atoms with Gasteiger partial charge in [0.05, 0.1) is 13.2 Å². The van der Waals surface area contributed by atoms with Gasteiger partial charge in [-0.25, -0.2) is 9.97 Å². The van der Waals surface area contributed by atoms with Gasteiger partial charge in [-0.2, -0.15) is 0 Å². The van der Waals surface area contributed by atoms with Crippen molar-refractivity contribution in [1.29, 1.82) is 0 Å². The molecular weight excluding hydrogens is 228 g/mol. The normalized spacial score (nSPS) is 15.3. The molecule has 1 aliphatic rings. The molecule has 0 aliphatic carbocycles. The van der Waals surface area contributed by atoms with Crippen molar-refractivity contribution in [2.24, 2.45) is 0 Å². The van der Waals surface area contributed by atoms with E-state index in [0.29, 0.717) is 0 Å². The number of hydrogen-bond acceptors (Lipinski definition) is 5. The van der Waals surface area contributed by atoms with Gasteiger partial charge in [0, 0.05) is 25.7 Å². The number of aromatic nitrogens is 2. The molecule has 0 aromatic carbocycles. The molecular formula is C13H20N4O. The molecule has 2 heterocycles. The molecule has 5 nitrogen and oxygen atoms in total. The van der Waals surface area contributed by atoms with Gasteiger partial charge in [-0.15, -0.1) is 0 Å². The van der Waals surface area contributed by atoms with E-state index in [-0.39, 0.29) is 0 Å². The Morgan fingerprint density at radius 2 is 2.17 bits per heavy atom. The number of hydrogen-bond donors (Lipinski definition) is 1. The lowest BCUT2D eigenvalue weighted by molar-refractivity contribution is 0.122. The number of allylic oxidation sites excluding steroid dienone is 1. The molecule has 0 unspecified atom stereocenters. The van der Waals surface area contributed by atoms with Crippen LogP contribution < -0.4 is 10.2 Å². The summed E-state index contributed by atoms with van der Waals surface area (Å²) in [4.78, 5) is 10.8. The van der Waals surface area contributed by atoms with E-state index in [1.807, 2.05) is 6.07 Å². The maximum absolute atomic E-state index is 5.33. The molecule has 1 aromatic rings. The zero-order chi connectivity index (χ0) is 12.8. The van der Waals surface area contributed by atoms with Crippen molar-refractivity contribution in [3.8, 4) is 0 Å². The molecule has 2 rings (SSSR count). The molecule has 0 radical (unpaired) electrons. The molecule has 1 N–H and O–H groups in total. The van der Waals surface area contributed by atoms with E-state index in [1.54, 1.807) is 6.33 Å². The van der Waals surface area contributed by atoms with Gasteiger partial charge in [-0.3, -0.25) is 0 Å². The van der Waals surface area contributed by atoms with Gasteiger partial charge >= 0.3 is 0 Å². The third kappa shape index (κ3) is 3.70. The minimum Gasteiger partial charge on any atom is -0.378 e. The number of morpholine rings is 1. The second-order valence-electron chi connectivity index (χ2n) is 4.52. The van der Waals surface area contributed by atoms with Gasteiger partial charge in [0.1, 0.15) is 18.0 Å². The summed E-state index contributed by atoms with van der Waals surface area (Å²) in [6, 6.07) is 1.99. The maximum atomic E-state index is 5.33. The minimum atomic E-state index is 0.768. The van der Waals surface area contributed by atoms with Gasteiger partial charge < -0.3 is 15.0 Å². The molecule has 0 saturated carbocycles. The van der Waals surface area contributed by atoms with Crippen LogP contribution in [0, 0.1) is 0 Å². The summed E-state index contributed by atoms with van der Waals surface area (Å²) in [5, 5.41) is 3.27. The van der Waals surface area contributed by atoms with Crippen LogP contribution in [0.4, 0.5) is 11.6 Å². The highest BCUT2D eigenvalue weighted by atomic mass is 16.5. The van der Waals surface area contributed by atoms with Crippen LogP contribution in [-0.2, 0) is 4.74 Å². The zero-order valence-corrected chi connectivity index (χ0v) is 11.0. The fourth-order valence-corrected chi connectivity index (χ4v) is 1.77. The standard InChI is InChI=1S/C13H20N4O/c1-11(2)3-4-14-12-9-13(16-10-15-12)17-5-7-18-8-6-17/h3,9-10H,4-8H2,1-2H3,(H,14,15,16). The predicted molar refractivity (Wildman–Crippen MR) is 73.0 cm³/mol. The number of ether oxygens (including phenoxy) is 1. The van der Waals surface area contributed by atoms with E-state index in [9.17, 15) is 0 Å². The monoisotopic (exact) mass is 248 g/mol. The van der Waals surface area contributed by atoms with E-state index in [2.05, 4.69) is 40.1 Å². The number of nitrogens with zero attached hydrogens (tertiary/aromatic N) is 3. The van der Waals surface area contributed by atoms with Crippen molar-refractivity contribution in [1.82, 2.24) is 9.97 Å². The molecule has 0 atom stereocenters.